The van der Waals surface area contributed by atoms with E-state index in [9.17, 15) is 0 Å². The van der Waals surface area contributed by atoms with Crippen molar-refractivity contribution in [1.82, 2.24) is 29.5 Å². The van der Waals surface area contributed by atoms with Gasteiger partial charge in [-0.2, -0.15) is 5.10 Å². The first kappa shape index (κ1) is 16.5. The molecule has 1 N–H and O–H groups in total. The molecule has 5 rings (SSSR count). The molecule has 0 saturated carbocycles. The van der Waals surface area contributed by atoms with Crippen LogP contribution in [-0.2, 0) is 13.6 Å². The number of rotatable bonds is 3. The van der Waals surface area contributed by atoms with Gasteiger partial charge in [-0.25, -0.2) is 4.98 Å². The maximum absolute atomic E-state index is 4.67. The van der Waals surface area contributed by atoms with Crippen molar-refractivity contribution in [3.05, 3.63) is 48.4 Å². The van der Waals surface area contributed by atoms with E-state index in [-0.39, 0.29) is 0 Å². The van der Waals surface area contributed by atoms with Gasteiger partial charge in [0.2, 0.25) is 0 Å². The number of aromatic nitrogens is 4. The number of aryl methyl sites for hydroxylation is 1. The lowest BCUT2D eigenvalue weighted by atomic mass is 10.0. The predicted molar refractivity (Wildman–Crippen MR) is 109 cm³/mol. The van der Waals surface area contributed by atoms with Crippen molar-refractivity contribution in [1.29, 1.82) is 0 Å². The summed E-state index contributed by atoms with van der Waals surface area (Å²) in [5, 5.41) is 6.81. The van der Waals surface area contributed by atoms with Gasteiger partial charge in [-0.1, -0.05) is 6.07 Å². The minimum Gasteiger partial charge on any atom is -0.346 e. The Bertz CT molecular complexity index is 1100. The summed E-state index contributed by atoms with van der Waals surface area (Å²) in [5.41, 5.74) is 5.63. The Kier molecular flexibility index (Phi) is 3.95. The molecule has 1 fully saturated rings. The molecule has 0 bridgehead atoms. The molecule has 3 aromatic heterocycles. The van der Waals surface area contributed by atoms with Crippen LogP contribution in [0.1, 0.15) is 5.56 Å². The molecular formula is C21H24N6. The van der Waals surface area contributed by atoms with Crippen LogP contribution < -0.4 is 0 Å². The number of hydrogen-bond donors (Lipinski definition) is 1. The van der Waals surface area contributed by atoms with Crippen LogP contribution in [0.2, 0.25) is 0 Å². The van der Waals surface area contributed by atoms with Crippen LogP contribution in [0.25, 0.3) is 33.1 Å². The van der Waals surface area contributed by atoms with Crippen LogP contribution in [-0.4, -0.2) is 62.8 Å². The van der Waals surface area contributed by atoms with Crippen molar-refractivity contribution >= 4 is 21.9 Å². The molecule has 0 aliphatic carbocycles. The molecule has 1 aromatic carbocycles. The summed E-state index contributed by atoms with van der Waals surface area (Å²) in [6.07, 6.45) is 6.13. The Morgan fingerprint density at radius 2 is 1.93 bits per heavy atom. The zero-order valence-corrected chi connectivity index (χ0v) is 15.8. The smallest absolute Gasteiger partial charge is 0.137 e. The number of likely N-dealkylation sites (N-methyl/N-ethyl adjacent to an activating group) is 1. The van der Waals surface area contributed by atoms with Gasteiger partial charge >= 0.3 is 0 Å². The normalized spacial score (nSPS) is 16.5. The maximum atomic E-state index is 4.67. The van der Waals surface area contributed by atoms with E-state index in [0.717, 1.165) is 49.3 Å². The lowest BCUT2D eigenvalue weighted by Gasteiger charge is -2.32. The third kappa shape index (κ3) is 3.11. The molecule has 0 radical (unpaired) electrons. The molecule has 6 heteroatoms. The third-order valence-electron chi connectivity index (χ3n) is 5.52. The Morgan fingerprint density at radius 1 is 1.07 bits per heavy atom. The van der Waals surface area contributed by atoms with Crippen LogP contribution in [0.4, 0.5) is 0 Å². The summed E-state index contributed by atoms with van der Waals surface area (Å²) in [6.45, 7) is 5.47. The van der Waals surface area contributed by atoms with Gasteiger partial charge in [0.15, 0.2) is 0 Å². The Hall–Kier alpha value is -2.70. The summed E-state index contributed by atoms with van der Waals surface area (Å²) in [7, 11) is 4.15. The summed E-state index contributed by atoms with van der Waals surface area (Å²) >= 11 is 0. The Labute approximate surface area is 158 Å². The predicted octanol–water partition coefficient (Wildman–Crippen LogP) is 2.86. The van der Waals surface area contributed by atoms with Crippen molar-refractivity contribution in [3.63, 3.8) is 0 Å². The highest BCUT2D eigenvalue weighted by Crippen LogP contribution is 2.30. The zero-order valence-electron chi connectivity index (χ0n) is 15.8. The summed E-state index contributed by atoms with van der Waals surface area (Å²) in [4.78, 5) is 12.9. The molecule has 1 saturated heterocycles. The molecule has 1 aliphatic rings. The number of nitrogens with one attached hydrogen (secondary N) is 1. The van der Waals surface area contributed by atoms with Crippen molar-refractivity contribution < 1.29 is 0 Å². The second kappa shape index (κ2) is 6.48. The van der Waals surface area contributed by atoms with Gasteiger partial charge in [0, 0.05) is 74.7 Å². The number of piperazine rings is 1. The van der Waals surface area contributed by atoms with Gasteiger partial charge in [-0.3, -0.25) is 9.58 Å². The Morgan fingerprint density at radius 3 is 2.78 bits per heavy atom. The maximum Gasteiger partial charge on any atom is 0.137 e. The summed E-state index contributed by atoms with van der Waals surface area (Å²) in [5.74, 6) is 0. The van der Waals surface area contributed by atoms with Gasteiger partial charge in [0.25, 0.3) is 0 Å². The second-order valence-corrected chi connectivity index (χ2v) is 7.60. The minimum atomic E-state index is 0.943. The van der Waals surface area contributed by atoms with Crippen LogP contribution in [0, 0.1) is 0 Å². The minimum absolute atomic E-state index is 0.943. The molecule has 0 amide bonds. The molecule has 0 unspecified atom stereocenters. The van der Waals surface area contributed by atoms with Crippen LogP contribution in [0.15, 0.2) is 42.9 Å². The highest BCUT2D eigenvalue weighted by atomic mass is 15.2. The van der Waals surface area contributed by atoms with Crippen molar-refractivity contribution in [2.75, 3.05) is 33.2 Å². The monoisotopic (exact) mass is 360 g/mol. The number of fused-ring (bicyclic) bond motifs is 2. The van der Waals surface area contributed by atoms with Gasteiger partial charge in [-0.05, 0) is 36.4 Å². The highest BCUT2D eigenvalue weighted by Gasteiger charge is 2.15. The van der Waals surface area contributed by atoms with Crippen LogP contribution >= 0.6 is 0 Å². The van der Waals surface area contributed by atoms with Crippen molar-refractivity contribution in [3.8, 4) is 11.1 Å². The van der Waals surface area contributed by atoms with E-state index >= 15 is 0 Å². The lowest BCUT2D eigenvalue weighted by Crippen LogP contribution is -2.43. The van der Waals surface area contributed by atoms with E-state index in [0.29, 0.717) is 0 Å². The fourth-order valence-electron chi connectivity index (χ4n) is 3.95. The van der Waals surface area contributed by atoms with Gasteiger partial charge in [0.05, 0.1) is 5.52 Å². The summed E-state index contributed by atoms with van der Waals surface area (Å²) in [6, 6.07) is 8.73. The largest absolute Gasteiger partial charge is 0.346 e. The molecule has 0 spiro atoms. The van der Waals surface area contributed by atoms with E-state index in [4.69, 9.17) is 0 Å². The van der Waals surface area contributed by atoms with Crippen LogP contribution in [0.3, 0.4) is 0 Å². The summed E-state index contributed by atoms with van der Waals surface area (Å²) < 4.78 is 1.86. The Balaban J connectivity index is 1.48. The first-order valence-electron chi connectivity index (χ1n) is 9.46. The van der Waals surface area contributed by atoms with Crippen molar-refractivity contribution in [2.24, 2.45) is 7.05 Å². The number of H-pyrrole nitrogens is 1. The fourth-order valence-corrected chi connectivity index (χ4v) is 3.95. The van der Waals surface area contributed by atoms with Crippen molar-refractivity contribution in [2.45, 2.75) is 6.54 Å². The number of aromatic amines is 1. The lowest BCUT2D eigenvalue weighted by molar-refractivity contribution is 0.148. The van der Waals surface area contributed by atoms with E-state index in [1.165, 1.54) is 22.1 Å². The molecule has 0 atom stereocenters. The SMILES string of the molecule is CN1CCN(Cc2cnc3[nH]cc(-c4ccc5nn(C)cc5c4)c3c2)CC1. The molecule has 138 valence electrons. The molecule has 6 nitrogen and oxygen atoms in total. The van der Waals surface area contributed by atoms with E-state index in [1.807, 2.05) is 17.9 Å². The molecule has 1 aliphatic heterocycles. The molecule has 27 heavy (non-hydrogen) atoms. The average molecular weight is 360 g/mol. The van der Waals surface area contributed by atoms with E-state index in [1.54, 1.807) is 0 Å². The van der Waals surface area contributed by atoms with E-state index in [2.05, 4.69) is 68.6 Å². The topological polar surface area (TPSA) is 53.0 Å². The molecule has 4 heterocycles. The van der Waals surface area contributed by atoms with Gasteiger partial charge < -0.3 is 9.88 Å². The van der Waals surface area contributed by atoms with Gasteiger partial charge in [-0.15, -0.1) is 0 Å². The number of pyridine rings is 1. The average Bonchev–Trinajstić information content (AvgIpc) is 3.25. The first-order valence-corrected chi connectivity index (χ1v) is 9.46. The quantitative estimate of drug-likeness (QED) is 0.610. The second-order valence-electron chi connectivity index (χ2n) is 7.60. The van der Waals surface area contributed by atoms with Gasteiger partial charge in [0.1, 0.15) is 5.65 Å². The number of benzene rings is 1. The van der Waals surface area contributed by atoms with Crippen LogP contribution in [0.5, 0.6) is 0 Å². The third-order valence-corrected chi connectivity index (χ3v) is 5.52. The molecule has 4 aromatic rings. The number of hydrogen-bond acceptors (Lipinski definition) is 4. The fraction of sp³-hybridized carbons (Fsp3) is 0.333. The van der Waals surface area contributed by atoms with E-state index < -0.39 is 0 Å². The number of nitrogens with zero attached hydrogens (tertiary/aromatic N) is 5. The first-order chi connectivity index (χ1) is 13.2. The highest BCUT2D eigenvalue weighted by molar-refractivity contribution is 5.96. The zero-order chi connectivity index (χ0) is 18.4. The standard InChI is InChI=1S/C21H24N6/c1-25-5-7-27(8-6-25)13-15-9-18-19(12-23-21(18)22-11-15)16-3-4-20-17(10-16)14-26(2)24-20/h3-4,9-12,14H,5-8,13H2,1-2H3,(H,22,23). The molecular weight excluding hydrogens is 336 g/mol.